The molecule has 206 valence electrons. The maximum absolute atomic E-state index is 12.2. The number of para-hydroxylation sites is 1. The molecule has 0 aliphatic carbocycles. The average Bonchev–Trinajstić information content (AvgIpc) is 2.99. The summed E-state index contributed by atoms with van der Waals surface area (Å²) < 4.78 is 0. The van der Waals surface area contributed by atoms with Crippen LogP contribution in [0.15, 0.2) is 126 Å². The van der Waals surface area contributed by atoms with Gasteiger partial charge in [-0.05, 0) is 56.7 Å². The molecule has 0 heterocycles. The third-order valence-corrected chi connectivity index (χ3v) is 12.8. The number of nitrogens with zero attached hydrogens (tertiary/aromatic N) is 1. The first-order chi connectivity index (χ1) is 19.8. The molecule has 0 atom stereocenters. The Balaban J connectivity index is 1.81. The lowest BCUT2D eigenvalue weighted by atomic mass is 9.93. The minimum atomic E-state index is -2.88. The number of aromatic hydroxyl groups is 1. The number of phenolic OH excluding ortho intramolecular Hbond substituents is 1. The molecule has 0 spiro atoms. The molecule has 5 aromatic rings. The highest BCUT2D eigenvalue weighted by Crippen LogP contribution is 2.35. The van der Waals surface area contributed by atoms with Gasteiger partial charge in [0.1, 0.15) is 5.75 Å². The first-order valence-corrected chi connectivity index (χ1v) is 16.5. The molecular weight excluding hydrogens is 515 g/mol. The van der Waals surface area contributed by atoms with Crippen LogP contribution >= 0.6 is 0 Å². The molecule has 0 saturated carbocycles. The van der Waals surface area contributed by atoms with Gasteiger partial charge in [-0.1, -0.05) is 149 Å². The number of hydrogen-bond donors (Lipinski definition) is 1. The van der Waals surface area contributed by atoms with E-state index < -0.39 is 8.07 Å². The number of aryl methyl sites for hydroxylation is 1. The van der Waals surface area contributed by atoms with Crippen molar-refractivity contribution >= 4 is 40.7 Å². The molecule has 0 bridgehead atoms. The van der Waals surface area contributed by atoms with E-state index in [0.717, 1.165) is 22.0 Å². The summed E-state index contributed by atoms with van der Waals surface area (Å²) in [7, 11) is -2.88. The van der Waals surface area contributed by atoms with Crippen molar-refractivity contribution in [1.29, 1.82) is 0 Å². The maximum atomic E-state index is 12.2. The fourth-order valence-electron chi connectivity index (χ4n) is 6.02. The van der Waals surface area contributed by atoms with E-state index >= 15 is 0 Å². The van der Waals surface area contributed by atoms with Crippen LogP contribution in [0.1, 0.15) is 61.8 Å². The standard InChI is InChI=1S/C38H39NOSi/c1-27(2)34-22-15-23-35(28(3)4)37(34)39-26-30-24-29(5)25-36(38(30)40)41(31-16-9-6-10-17-31,32-18-11-7-12-19-32)33-20-13-8-14-21-33/h6-28,40H,1-5H3. The minimum absolute atomic E-state index is 0.302. The Labute approximate surface area is 246 Å². The highest BCUT2D eigenvalue weighted by Gasteiger charge is 2.43. The number of aliphatic imine (C=N–C) groups is 1. The van der Waals surface area contributed by atoms with Crippen LogP contribution in [-0.2, 0) is 0 Å². The van der Waals surface area contributed by atoms with E-state index in [4.69, 9.17) is 4.99 Å². The Bertz CT molecular complexity index is 1520. The van der Waals surface area contributed by atoms with Gasteiger partial charge in [0.05, 0.1) is 5.69 Å². The van der Waals surface area contributed by atoms with Crippen molar-refractivity contribution in [2.75, 3.05) is 0 Å². The first-order valence-electron chi connectivity index (χ1n) is 14.5. The summed E-state index contributed by atoms with van der Waals surface area (Å²) in [5.41, 5.74) is 5.30. The second-order valence-corrected chi connectivity index (χ2v) is 15.2. The van der Waals surface area contributed by atoms with E-state index in [-0.39, 0.29) is 0 Å². The van der Waals surface area contributed by atoms with Gasteiger partial charge < -0.3 is 5.11 Å². The molecule has 2 nitrogen and oxygen atoms in total. The summed E-state index contributed by atoms with van der Waals surface area (Å²) in [5.74, 6) is 0.990. The Hall–Kier alpha value is -4.21. The van der Waals surface area contributed by atoms with Gasteiger partial charge in [0.15, 0.2) is 8.07 Å². The van der Waals surface area contributed by atoms with Crippen LogP contribution in [0.25, 0.3) is 0 Å². The van der Waals surface area contributed by atoms with Crippen molar-refractivity contribution in [3.8, 4) is 5.75 Å². The van der Waals surface area contributed by atoms with Gasteiger partial charge in [0.2, 0.25) is 0 Å². The van der Waals surface area contributed by atoms with Crippen LogP contribution in [0.4, 0.5) is 5.69 Å². The van der Waals surface area contributed by atoms with Gasteiger partial charge in [-0.15, -0.1) is 0 Å². The normalized spacial score (nSPS) is 12.0. The minimum Gasteiger partial charge on any atom is -0.507 e. The fraction of sp³-hybridized carbons (Fsp3) is 0.184. The molecule has 0 saturated heterocycles. The summed E-state index contributed by atoms with van der Waals surface area (Å²) in [6.45, 7) is 10.9. The van der Waals surface area contributed by atoms with Crippen molar-refractivity contribution < 1.29 is 5.11 Å². The van der Waals surface area contributed by atoms with Gasteiger partial charge in [-0.25, -0.2) is 0 Å². The van der Waals surface area contributed by atoms with E-state index in [0.29, 0.717) is 17.6 Å². The smallest absolute Gasteiger partial charge is 0.183 e. The van der Waals surface area contributed by atoms with Crippen molar-refractivity contribution in [2.24, 2.45) is 4.99 Å². The van der Waals surface area contributed by atoms with Crippen LogP contribution < -0.4 is 20.7 Å². The highest BCUT2D eigenvalue weighted by molar-refractivity contribution is 7.20. The lowest BCUT2D eigenvalue weighted by Crippen LogP contribution is -2.74. The predicted octanol–water partition coefficient (Wildman–Crippen LogP) is 7.08. The first kappa shape index (κ1) is 28.3. The fourth-order valence-corrected chi connectivity index (χ4v) is 11.0. The van der Waals surface area contributed by atoms with E-state index in [9.17, 15) is 5.11 Å². The van der Waals surface area contributed by atoms with E-state index in [1.807, 2.05) is 6.21 Å². The van der Waals surface area contributed by atoms with Gasteiger partial charge in [-0.3, -0.25) is 4.99 Å². The summed E-state index contributed by atoms with van der Waals surface area (Å²) in [5, 5.41) is 16.9. The van der Waals surface area contributed by atoms with E-state index in [2.05, 4.69) is 156 Å². The van der Waals surface area contributed by atoms with Crippen LogP contribution in [0.2, 0.25) is 0 Å². The molecule has 1 N–H and O–H groups in total. The summed E-state index contributed by atoms with van der Waals surface area (Å²) in [6.07, 6.45) is 1.87. The van der Waals surface area contributed by atoms with Crippen LogP contribution in [0.5, 0.6) is 5.75 Å². The van der Waals surface area contributed by atoms with E-state index in [1.165, 1.54) is 26.7 Å². The summed E-state index contributed by atoms with van der Waals surface area (Å²) >= 11 is 0. The van der Waals surface area contributed by atoms with E-state index in [1.54, 1.807) is 0 Å². The van der Waals surface area contributed by atoms with Gasteiger partial charge in [0, 0.05) is 11.8 Å². The number of phenols is 1. The largest absolute Gasteiger partial charge is 0.507 e. The third-order valence-electron chi connectivity index (χ3n) is 7.98. The van der Waals surface area contributed by atoms with Gasteiger partial charge in [-0.2, -0.15) is 0 Å². The number of rotatable bonds is 8. The Morgan fingerprint density at radius 3 is 1.46 bits per heavy atom. The lowest BCUT2D eigenvalue weighted by molar-refractivity contribution is 0.478. The van der Waals surface area contributed by atoms with Crippen LogP contribution in [0, 0.1) is 6.92 Å². The van der Waals surface area contributed by atoms with Gasteiger partial charge >= 0.3 is 0 Å². The molecule has 0 aromatic heterocycles. The molecule has 41 heavy (non-hydrogen) atoms. The number of benzene rings is 5. The highest BCUT2D eigenvalue weighted by atomic mass is 28.3. The predicted molar refractivity (Wildman–Crippen MR) is 178 cm³/mol. The summed E-state index contributed by atoms with van der Waals surface area (Å²) in [6, 6.07) is 42.8. The van der Waals surface area contributed by atoms with Crippen LogP contribution in [-0.4, -0.2) is 19.4 Å². The molecule has 0 fully saturated rings. The molecule has 0 radical (unpaired) electrons. The summed E-state index contributed by atoms with van der Waals surface area (Å²) in [4.78, 5) is 5.09. The Kier molecular flexibility index (Phi) is 8.37. The molecule has 0 amide bonds. The quantitative estimate of drug-likeness (QED) is 0.124. The van der Waals surface area contributed by atoms with Crippen molar-refractivity contribution in [3.05, 3.63) is 144 Å². The molecule has 5 rings (SSSR count). The molecular formula is C38H39NOSi. The molecule has 3 heteroatoms. The second kappa shape index (κ2) is 12.1. The molecule has 5 aromatic carbocycles. The average molecular weight is 554 g/mol. The maximum Gasteiger partial charge on any atom is 0.183 e. The zero-order valence-corrected chi connectivity index (χ0v) is 25.7. The van der Waals surface area contributed by atoms with Gasteiger partial charge in [0.25, 0.3) is 0 Å². The van der Waals surface area contributed by atoms with Crippen molar-refractivity contribution in [3.63, 3.8) is 0 Å². The van der Waals surface area contributed by atoms with Crippen molar-refractivity contribution in [1.82, 2.24) is 0 Å². The zero-order chi connectivity index (χ0) is 29.0. The number of hydrogen-bond acceptors (Lipinski definition) is 2. The SMILES string of the molecule is Cc1cc(C=Nc2c(C(C)C)cccc2C(C)C)c(O)c([Si](c2ccccc2)(c2ccccc2)c2ccccc2)c1. The lowest BCUT2D eigenvalue weighted by Gasteiger charge is -2.35. The van der Waals surface area contributed by atoms with Crippen molar-refractivity contribution in [2.45, 2.75) is 46.5 Å². The van der Waals surface area contributed by atoms with Crippen LogP contribution in [0.3, 0.4) is 0 Å². The zero-order valence-electron chi connectivity index (χ0n) is 24.7. The molecule has 0 unspecified atom stereocenters. The third kappa shape index (κ3) is 5.42. The molecule has 0 aliphatic rings. The monoisotopic (exact) mass is 553 g/mol. The topological polar surface area (TPSA) is 32.6 Å². The Morgan fingerprint density at radius 2 is 1.05 bits per heavy atom. The Morgan fingerprint density at radius 1 is 0.610 bits per heavy atom. The molecule has 0 aliphatic heterocycles. The second-order valence-electron chi connectivity index (χ2n) is 11.5.